The molecule has 0 bridgehead atoms. The predicted molar refractivity (Wildman–Crippen MR) is 63.5 cm³/mol. The topological polar surface area (TPSA) is 30.5 Å². The molecule has 1 fully saturated rings. The van der Waals surface area contributed by atoms with Gasteiger partial charge in [-0.2, -0.15) is 0 Å². The molecule has 0 amide bonds. The Morgan fingerprint density at radius 2 is 1.94 bits per heavy atom. The third-order valence-corrected chi connectivity index (χ3v) is 2.92. The number of rotatable bonds is 2. The Bertz CT molecular complexity index is 389. The minimum atomic E-state index is -0.462. The molecular weight excluding hydrogens is 202 g/mol. The lowest BCUT2D eigenvalue weighted by Gasteiger charge is -2.28. The van der Waals surface area contributed by atoms with Crippen molar-refractivity contribution in [3.05, 3.63) is 29.8 Å². The van der Waals surface area contributed by atoms with Gasteiger partial charge in [-0.15, -0.1) is 0 Å². The van der Waals surface area contributed by atoms with Gasteiger partial charge in [0.1, 0.15) is 11.5 Å². The van der Waals surface area contributed by atoms with Crippen LogP contribution in [0, 0.1) is 0 Å². The normalized spacial score (nSPS) is 28.0. The fourth-order valence-corrected chi connectivity index (χ4v) is 2.23. The summed E-state index contributed by atoms with van der Waals surface area (Å²) in [5, 5.41) is 3.50. The first-order chi connectivity index (χ1) is 7.47. The lowest BCUT2D eigenvalue weighted by atomic mass is 10.0. The summed E-state index contributed by atoms with van der Waals surface area (Å²) in [5.41, 5.74) is 0.578. The molecule has 1 aromatic rings. The van der Waals surface area contributed by atoms with Gasteiger partial charge in [-0.3, -0.25) is 5.32 Å². The Labute approximate surface area is 96.8 Å². The van der Waals surface area contributed by atoms with E-state index in [0.29, 0.717) is 6.61 Å². The largest absolute Gasteiger partial charge is 0.496 e. The first-order valence-electron chi connectivity index (χ1n) is 5.54. The van der Waals surface area contributed by atoms with Crippen LogP contribution in [0.1, 0.15) is 26.3 Å². The van der Waals surface area contributed by atoms with Crippen LogP contribution < -0.4 is 10.1 Å². The van der Waals surface area contributed by atoms with E-state index in [0.717, 1.165) is 11.3 Å². The van der Waals surface area contributed by atoms with E-state index in [4.69, 9.17) is 9.47 Å². The molecule has 1 aromatic carbocycles. The van der Waals surface area contributed by atoms with Crippen molar-refractivity contribution >= 4 is 0 Å². The molecular formula is C13H19NO2. The quantitative estimate of drug-likeness (QED) is 0.831. The molecule has 1 heterocycles. The lowest BCUT2D eigenvalue weighted by Crippen LogP contribution is -2.44. The molecule has 0 radical (unpaired) electrons. The number of hydrogen-bond acceptors (Lipinski definition) is 3. The van der Waals surface area contributed by atoms with Gasteiger partial charge in [-0.05, 0) is 26.8 Å². The molecule has 0 aromatic heterocycles. The zero-order valence-electron chi connectivity index (χ0n) is 10.3. The van der Waals surface area contributed by atoms with Gasteiger partial charge in [-0.1, -0.05) is 18.2 Å². The molecule has 1 aliphatic rings. The lowest BCUT2D eigenvalue weighted by molar-refractivity contribution is 0.000410. The maximum Gasteiger partial charge on any atom is 0.146 e. The van der Waals surface area contributed by atoms with E-state index in [1.807, 2.05) is 31.2 Å². The fraction of sp³-hybridized carbons (Fsp3) is 0.538. The standard InChI is InChI=1S/C13H19NO2/c1-12(2)9-16-13(3,14-12)10-7-5-6-8-11(10)15-4/h5-8,14H,9H2,1-4H3. The van der Waals surface area contributed by atoms with Crippen molar-refractivity contribution in [1.82, 2.24) is 5.32 Å². The molecule has 88 valence electrons. The molecule has 0 spiro atoms. The molecule has 3 heteroatoms. The Morgan fingerprint density at radius 3 is 2.50 bits per heavy atom. The molecule has 3 nitrogen and oxygen atoms in total. The molecule has 1 saturated heterocycles. The van der Waals surface area contributed by atoms with E-state index in [-0.39, 0.29) is 5.54 Å². The van der Waals surface area contributed by atoms with Crippen molar-refractivity contribution in [3.8, 4) is 5.75 Å². The van der Waals surface area contributed by atoms with Crippen molar-refractivity contribution < 1.29 is 9.47 Å². The van der Waals surface area contributed by atoms with E-state index in [9.17, 15) is 0 Å². The van der Waals surface area contributed by atoms with Gasteiger partial charge in [0, 0.05) is 11.1 Å². The van der Waals surface area contributed by atoms with Gasteiger partial charge < -0.3 is 9.47 Å². The summed E-state index contributed by atoms with van der Waals surface area (Å²) in [6, 6.07) is 7.95. The third kappa shape index (κ3) is 1.93. The smallest absolute Gasteiger partial charge is 0.146 e. The summed E-state index contributed by atoms with van der Waals surface area (Å²) in [6.45, 7) is 7.00. The zero-order valence-corrected chi connectivity index (χ0v) is 10.3. The van der Waals surface area contributed by atoms with Gasteiger partial charge in [0.05, 0.1) is 13.7 Å². The zero-order chi connectivity index (χ0) is 11.8. The summed E-state index contributed by atoms with van der Waals surface area (Å²) in [5.74, 6) is 0.857. The number of para-hydroxylation sites is 1. The molecule has 1 unspecified atom stereocenters. The van der Waals surface area contributed by atoms with E-state index in [1.165, 1.54) is 0 Å². The predicted octanol–water partition coefficient (Wildman–Crippen LogP) is 2.27. The SMILES string of the molecule is COc1ccccc1C1(C)NC(C)(C)CO1. The van der Waals surface area contributed by atoms with Crippen LogP contribution >= 0.6 is 0 Å². The van der Waals surface area contributed by atoms with Gasteiger partial charge in [-0.25, -0.2) is 0 Å². The van der Waals surface area contributed by atoms with Crippen LogP contribution in [-0.2, 0) is 10.5 Å². The first kappa shape index (κ1) is 11.4. The van der Waals surface area contributed by atoms with Crippen LogP contribution in [0.5, 0.6) is 5.75 Å². The second-order valence-corrected chi connectivity index (χ2v) is 5.03. The molecule has 16 heavy (non-hydrogen) atoms. The average Bonchev–Trinajstić information content (AvgIpc) is 2.54. The van der Waals surface area contributed by atoms with Crippen LogP contribution in [0.25, 0.3) is 0 Å². The summed E-state index contributed by atoms with van der Waals surface area (Å²) in [7, 11) is 1.68. The number of methoxy groups -OCH3 is 1. The molecule has 2 rings (SSSR count). The van der Waals surface area contributed by atoms with Gasteiger partial charge >= 0.3 is 0 Å². The van der Waals surface area contributed by atoms with Crippen molar-refractivity contribution in [2.24, 2.45) is 0 Å². The fourth-order valence-electron chi connectivity index (χ4n) is 2.23. The summed E-state index contributed by atoms with van der Waals surface area (Å²) in [4.78, 5) is 0. The third-order valence-electron chi connectivity index (χ3n) is 2.92. The summed E-state index contributed by atoms with van der Waals surface area (Å²) < 4.78 is 11.3. The highest BCUT2D eigenvalue weighted by Crippen LogP contribution is 2.36. The van der Waals surface area contributed by atoms with Crippen LogP contribution in [0.15, 0.2) is 24.3 Å². The van der Waals surface area contributed by atoms with Crippen molar-refractivity contribution in [1.29, 1.82) is 0 Å². The Balaban J connectivity index is 2.37. The van der Waals surface area contributed by atoms with E-state index >= 15 is 0 Å². The molecule has 0 aliphatic carbocycles. The van der Waals surface area contributed by atoms with Crippen molar-refractivity contribution in [3.63, 3.8) is 0 Å². The van der Waals surface area contributed by atoms with Gasteiger partial charge in [0.25, 0.3) is 0 Å². The second kappa shape index (κ2) is 3.75. The minimum Gasteiger partial charge on any atom is -0.496 e. The van der Waals surface area contributed by atoms with Crippen molar-refractivity contribution in [2.45, 2.75) is 32.0 Å². The molecule has 0 saturated carbocycles. The maximum atomic E-state index is 5.89. The number of ether oxygens (including phenoxy) is 2. The van der Waals surface area contributed by atoms with Crippen LogP contribution in [-0.4, -0.2) is 19.3 Å². The van der Waals surface area contributed by atoms with Crippen molar-refractivity contribution in [2.75, 3.05) is 13.7 Å². The number of hydrogen-bond donors (Lipinski definition) is 1. The van der Waals surface area contributed by atoms with E-state index in [1.54, 1.807) is 7.11 Å². The second-order valence-electron chi connectivity index (χ2n) is 5.03. The highest BCUT2D eigenvalue weighted by atomic mass is 16.5. The highest BCUT2D eigenvalue weighted by molar-refractivity contribution is 5.38. The first-order valence-corrected chi connectivity index (χ1v) is 5.54. The van der Waals surface area contributed by atoms with E-state index in [2.05, 4.69) is 19.2 Å². The average molecular weight is 221 g/mol. The molecule has 1 N–H and O–H groups in total. The highest BCUT2D eigenvalue weighted by Gasteiger charge is 2.42. The van der Waals surface area contributed by atoms with Crippen LogP contribution in [0.3, 0.4) is 0 Å². The van der Waals surface area contributed by atoms with E-state index < -0.39 is 5.72 Å². The molecule has 1 aliphatic heterocycles. The van der Waals surface area contributed by atoms with Gasteiger partial charge in [0.2, 0.25) is 0 Å². The Kier molecular flexibility index (Phi) is 2.68. The van der Waals surface area contributed by atoms with Crippen LogP contribution in [0.4, 0.5) is 0 Å². The summed E-state index contributed by atoms with van der Waals surface area (Å²) in [6.07, 6.45) is 0. The van der Waals surface area contributed by atoms with Crippen LogP contribution in [0.2, 0.25) is 0 Å². The molecule has 1 atom stereocenters. The Morgan fingerprint density at radius 1 is 1.25 bits per heavy atom. The Hall–Kier alpha value is -1.06. The number of benzene rings is 1. The summed E-state index contributed by atoms with van der Waals surface area (Å²) >= 11 is 0. The monoisotopic (exact) mass is 221 g/mol. The maximum absolute atomic E-state index is 5.89. The minimum absolute atomic E-state index is 0.00436. The van der Waals surface area contributed by atoms with Gasteiger partial charge in [0.15, 0.2) is 0 Å². The number of nitrogens with one attached hydrogen (secondary N) is 1.